The van der Waals surface area contributed by atoms with Crippen LogP contribution in [0.4, 0.5) is 17.3 Å². The minimum Gasteiger partial charge on any atom is -0.364 e. The standard InChI is InChI=1S/C16H23N7O2/c1-13-5-2-3-9-22(13)16-14(23(24)25)15(19-11-20-16)18-6-4-8-21-10-7-17-12-21/h7,10-13H,2-6,8-9H2,1H3,(H,18,19,20). The number of piperidine rings is 1. The van der Waals surface area contributed by atoms with Gasteiger partial charge in [-0.25, -0.2) is 15.0 Å². The Kier molecular flexibility index (Phi) is 5.42. The second-order valence-electron chi connectivity index (χ2n) is 6.27. The summed E-state index contributed by atoms with van der Waals surface area (Å²) < 4.78 is 1.97. The maximum absolute atomic E-state index is 11.7. The third-order valence-corrected chi connectivity index (χ3v) is 4.51. The number of hydrogen-bond donors (Lipinski definition) is 1. The van der Waals surface area contributed by atoms with Gasteiger partial charge in [0.25, 0.3) is 0 Å². The number of imidazole rings is 1. The van der Waals surface area contributed by atoms with Crippen molar-refractivity contribution in [2.45, 2.75) is 45.2 Å². The van der Waals surface area contributed by atoms with Crippen molar-refractivity contribution >= 4 is 17.3 Å². The normalized spacial score (nSPS) is 17.5. The lowest BCUT2D eigenvalue weighted by molar-refractivity contribution is -0.383. The molecule has 3 heterocycles. The van der Waals surface area contributed by atoms with E-state index in [1.165, 1.54) is 6.33 Å². The minimum atomic E-state index is -0.380. The molecule has 0 radical (unpaired) electrons. The predicted molar refractivity (Wildman–Crippen MR) is 94.7 cm³/mol. The minimum absolute atomic E-state index is 0.0288. The van der Waals surface area contributed by atoms with Crippen LogP contribution in [0, 0.1) is 10.1 Å². The first-order valence-electron chi connectivity index (χ1n) is 8.62. The van der Waals surface area contributed by atoms with E-state index >= 15 is 0 Å². The fourth-order valence-electron chi connectivity index (χ4n) is 3.18. The maximum atomic E-state index is 11.7. The molecule has 25 heavy (non-hydrogen) atoms. The zero-order valence-electron chi connectivity index (χ0n) is 14.3. The molecule has 0 amide bonds. The maximum Gasteiger partial charge on any atom is 0.353 e. The SMILES string of the molecule is CC1CCCCN1c1ncnc(NCCCn2ccnc2)c1[N+](=O)[O-]. The lowest BCUT2D eigenvalue weighted by Crippen LogP contribution is -2.38. The Morgan fingerprint density at radius 2 is 2.28 bits per heavy atom. The van der Waals surface area contributed by atoms with Crippen LogP contribution in [0.1, 0.15) is 32.6 Å². The van der Waals surface area contributed by atoms with Crippen LogP contribution in [0.15, 0.2) is 25.0 Å². The number of aryl methyl sites for hydroxylation is 1. The summed E-state index contributed by atoms with van der Waals surface area (Å²) in [5.74, 6) is 0.711. The summed E-state index contributed by atoms with van der Waals surface area (Å²) in [6.07, 6.45) is 10.8. The molecule has 1 aliphatic rings. The third-order valence-electron chi connectivity index (χ3n) is 4.51. The number of hydrogen-bond acceptors (Lipinski definition) is 7. The van der Waals surface area contributed by atoms with Gasteiger partial charge in [0.15, 0.2) is 0 Å². The smallest absolute Gasteiger partial charge is 0.353 e. The highest BCUT2D eigenvalue weighted by atomic mass is 16.6. The number of nitrogens with one attached hydrogen (secondary N) is 1. The number of nitro groups is 1. The van der Waals surface area contributed by atoms with Crippen LogP contribution in [0.3, 0.4) is 0 Å². The van der Waals surface area contributed by atoms with Crippen molar-refractivity contribution in [1.29, 1.82) is 0 Å². The van der Waals surface area contributed by atoms with Gasteiger partial charge in [0, 0.05) is 38.1 Å². The first kappa shape index (κ1) is 17.1. The molecule has 0 bridgehead atoms. The quantitative estimate of drug-likeness (QED) is 0.467. The predicted octanol–water partition coefficient (Wildman–Crippen LogP) is 2.46. The molecule has 1 unspecified atom stereocenters. The highest BCUT2D eigenvalue weighted by molar-refractivity contribution is 5.70. The number of anilines is 2. The Bertz CT molecular complexity index is 705. The Morgan fingerprint density at radius 1 is 1.40 bits per heavy atom. The summed E-state index contributed by atoms with van der Waals surface area (Å²) in [5.41, 5.74) is -0.0288. The third kappa shape index (κ3) is 4.04. The molecule has 1 aliphatic heterocycles. The van der Waals surface area contributed by atoms with Crippen molar-refractivity contribution in [1.82, 2.24) is 19.5 Å². The average molecular weight is 345 g/mol. The summed E-state index contributed by atoms with van der Waals surface area (Å²) in [6, 6.07) is 0.247. The van der Waals surface area contributed by atoms with E-state index in [0.717, 1.165) is 38.8 Å². The van der Waals surface area contributed by atoms with E-state index in [9.17, 15) is 10.1 Å². The largest absolute Gasteiger partial charge is 0.364 e. The molecular formula is C16H23N7O2. The van der Waals surface area contributed by atoms with E-state index in [1.54, 1.807) is 12.5 Å². The Labute approximate surface area is 146 Å². The Morgan fingerprint density at radius 3 is 3.00 bits per heavy atom. The van der Waals surface area contributed by atoms with Crippen LogP contribution in [-0.2, 0) is 6.54 Å². The molecule has 2 aromatic rings. The fraction of sp³-hybridized carbons (Fsp3) is 0.562. The van der Waals surface area contributed by atoms with Crippen molar-refractivity contribution in [2.24, 2.45) is 0 Å². The van der Waals surface area contributed by atoms with Crippen molar-refractivity contribution in [3.05, 3.63) is 35.2 Å². The zero-order chi connectivity index (χ0) is 17.6. The first-order valence-corrected chi connectivity index (χ1v) is 8.62. The fourth-order valence-corrected chi connectivity index (χ4v) is 3.18. The highest BCUT2D eigenvalue weighted by Crippen LogP contribution is 2.34. The zero-order valence-corrected chi connectivity index (χ0v) is 14.3. The molecule has 134 valence electrons. The highest BCUT2D eigenvalue weighted by Gasteiger charge is 2.30. The molecule has 0 aromatic carbocycles. The Hall–Kier alpha value is -2.71. The lowest BCUT2D eigenvalue weighted by atomic mass is 10.0. The van der Waals surface area contributed by atoms with Crippen LogP contribution in [0.5, 0.6) is 0 Å². The van der Waals surface area contributed by atoms with Crippen molar-refractivity contribution < 1.29 is 4.92 Å². The van der Waals surface area contributed by atoms with Gasteiger partial charge >= 0.3 is 5.69 Å². The summed E-state index contributed by atoms with van der Waals surface area (Å²) in [4.78, 5) is 25.6. The lowest BCUT2D eigenvalue weighted by Gasteiger charge is -2.33. The van der Waals surface area contributed by atoms with Crippen molar-refractivity contribution in [2.75, 3.05) is 23.3 Å². The van der Waals surface area contributed by atoms with E-state index in [1.807, 2.05) is 15.7 Å². The molecule has 9 nitrogen and oxygen atoms in total. The van der Waals surface area contributed by atoms with Gasteiger partial charge in [0.1, 0.15) is 6.33 Å². The van der Waals surface area contributed by atoms with E-state index in [-0.39, 0.29) is 16.7 Å². The van der Waals surface area contributed by atoms with E-state index in [2.05, 4.69) is 27.2 Å². The van der Waals surface area contributed by atoms with Gasteiger partial charge in [-0.3, -0.25) is 10.1 Å². The summed E-state index contributed by atoms with van der Waals surface area (Å²) in [5, 5.41) is 14.8. The molecule has 1 saturated heterocycles. The summed E-state index contributed by atoms with van der Waals surface area (Å²) in [7, 11) is 0. The molecule has 3 rings (SSSR count). The number of aromatic nitrogens is 4. The topological polar surface area (TPSA) is 102 Å². The first-order chi connectivity index (χ1) is 12.2. The van der Waals surface area contributed by atoms with Crippen molar-refractivity contribution in [3.63, 3.8) is 0 Å². The van der Waals surface area contributed by atoms with Gasteiger partial charge in [-0.2, -0.15) is 0 Å². The Balaban J connectivity index is 1.72. The second-order valence-corrected chi connectivity index (χ2v) is 6.27. The van der Waals surface area contributed by atoms with Gasteiger partial charge in [-0.1, -0.05) is 0 Å². The van der Waals surface area contributed by atoms with Gasteiger partial charge in [0.05, 0.1) is 11.3 Å². The summed E-state index contributed by atoms with van der Waals surface area (Å²) >= 11 is 0. The second kappa shape index (κ2) is 7.91. The van der Waals surface area contributed by atoms with Gasteiger partial charge in [-0.05, 0) is 32.6 Å². The number of nitrogens with zero attached hydrogens (tertiary/aromatic N) is 6. The van der Waals surface area contributed by atoms with Gasteiger partial charge in [0.2, 0.25) is 11.6 Å². The van der Waals surface area contributed by atoms with Crippen LogP contribution in [0.2, 0.25) is 0 Å². The molecule has 1 fully saturated rings. The molecule has 0 aliphatic carbocycles. The molecule has 9 heteroatoms. The van der Waals surface area contributed by atoms with Gasteiger partial charge < -0.3 is 14.8 Å². The molecule has 0 spiro atoms. The average Bonchev–Trinajstić information content (AvgIpc) is 3.12. The molecular weight excluding hydrogens is 322 g/mol. The van der Waals surface area contributed by atoms with Gasteiger partial charge in [-0.15, -0.1) is 0 Å². The molecule has 2 aromatic heterocycles. The van der Waals surface area contributed by atoms with E-state index in [0.29, 0.717) is 18.2 Å². The molecule has 0 saturated carbocycles. The van der Waals surface area contributed by atoms with Crippen LogP contribution in [-0.4, -0.2) is 43.6 Å². The van der Waals surface area contributed by atoms with E-state index in [4.69, 9.17) is 0 Å². The van der Waals surface area contributed by atoms with Crippen molar-refractivity contribution in [3.8, 4) is 0 Å². The van der Waals surface area contributed by atoms with Crippen LogP contribution >= 0.6 is 0 Å². The summed E-state index contributed by atoms with van der Waals surface area (Å²) in [6.45, 7) is 4.26. The van der Waals surface area contributed by atoms with E-state index < -0.39 is 0 Å². The monoisotopic (exact) mass is 345 g/mol. The van der Waals surface area contributed by atoms with Crippen LogP contribution < -0.4 is 10.2 Å². The molecule has 1 N–H and O–H groups in total. The number of rotatable bonds is 7. The van der Waals surface area contributed by atoms with Crippen LogP contribution in [0.25, 0.3) is 0 Å². The molecule has 1 atom stereocenters.